The van der Waals surface area contributed by atoms with Crippen LogP contribution >= 0.6 is 0 Å². The lowest BCUT2D eigenvalue weighted by molar-refractivity contribution is -0.951. The molecule has 6 nitrogen and oxygen atoms in total. The first-order valence-corrected chi connectivity index (χ1v) is 5.29. The molecule has 2 saturated heterocycles. The number of carbonyl (C=O) groups is 1. The zero-order valence-electron chi connectivity index (χ0n) is 8.46. The monoisotopic (exact) mass is 215 g/mol. The molecule has 2 heterocycles. The molecule has 2 bridgehead atoms. The van der Waals surface area contributed by atoms with Crippen molar-refractivity contribution in [2.45, 2.75) is 19.3 Å². The molecule has 0 spiro atoms. The molecule has 15 heavy (non-hydrogen) atoms. The van der Waals surface area contributed by atoms with Crippen LogP contribution in [0.3, 0.4) is 0 Å². The first kappa shape index (κ1) is 10.8. The first-order chi connectivity index (χ1) is 7.00. The molecule has 3 atom stereocenters. The van der Waals surface area contributed by atoms with E-state index < -0.39 is 10.9 Å². The molecular weight excluding hydrogens is 200 g/mol. The molecule has 0 aliphatic carbocycles. The maximum atomic E-state index is 11.5. The summed E-state index contributed by atoms with van der Waals surface area (Å²) >= 11 is 0. The highest BCUT2D eigenvalue weighted by atomic mass is 16.9. The molecule has 2 aliphatic rings. The number of hydrogen-bond donors (Lipinski definition) is 1. The number of nitrogens with zero attached hydrogens (tertiary/aromatic N) is 2. The Kier molecular flexibility index (Phi) is 2.68. The number of rotatable bonds is 1. The minimum Gasteiger partial charge on any atom is -0.611 e. The molecule has 86 valence electrons. The zero-order chi connectivity index (χ0) is 11.1. The molecule has 0 aromatic heterocycles. The van der Waals surface area contributed by atoms with E-state index in [9.17, 15) is 15.2 Å². The molecule has 0 amide bonds. The van der Waals surface area contributed by atoms with E-state index in [0.717, 1.165) is 0 Å². The Hall–Kier alpha value is -0.690. The van der Waals surface area contributed by atoms with E-state index in [1.54, 1.807) is 0 Å². The van der Waals surface area contributed by atoms with Gasteiger partial charge in [0.05, 0.1) is 19.0 Å². The standard InChI is InChI=1S/C9H15N2O4/c12-9(13)8-3-4-10-6-7(8)2-1-5-11(10,14)15/h7-8H,1-6H2,(H,12,13)/q-1. The number of aliphatic carboxylic acids is 1. The second kappa shape index (κ2) is 3.71. The van der Waals surface area contributed by atoms with Gasteiger partial charge in [0.2, 0.25) is 0 Å². The molecule has 0 saturated carbocycles. The number of fused-ring (bicyclic) bond motifs is 2. The van der Waals surface area contributed by atoms with Gasteiger partial charge in [-0.25, -0.2) is 0 Å². The Morgan fingerprint density at radius 2 is 2.13 bits per heavy atom. The molecule has 1 N–H and O–H groups in total. The third kappa shape index (κ3) is 1.98. The van der Waals surface area contributed by atoms with Crippen LogP contribution in [0.4, 0.5) is 0 Å². The van der Waals surface area contributed by atoms with E-state index >= 15 is 0 Å². The van der Waals surface area contributed by atoms with E-state index in [4.69, 9.17) is 5.11 Å². The predicted octanol–water partition coefficient (Wildman–Crippen LogP) is 0.530. The fourth-order valence-electron chi connectivity index (χ4n) is 2.60. The molecule has 0 radical (unpaired) electrons. The highest BCUT2D eigenvalue weighted by Gasteiger charge is 2.39. The fraction of sp³-hybridized carbons (Fsp3) is 0.889. The van der Waals surface area contributed by atoms with Gasteiger partial charge in [0.1, 0.15) is 0 Å². The van der Waals surface area contributed by atoms with Crippen LogP contribution in [0.5, 0.6) is 0 Å². The van der Waals surface area contributed by atoms with Crippen molar-refractivity contribution in [1.82, 2.24) is 5.01 Å². The summed E-state index contributed by atoms with van der Waals surface area (Å²) in [7, 11) is 0. The third-order valence-corrected chi connectivity index (χ3v) is 3.48. The SMILES string of the molecule is O=C(O)C1CCN2CC1CCC[N+]2([O-])[O-]. The number of carboxylic acids is 1. The lowest BCUT2D eigenvalue weighted by Gasteiger charge is -2.54. The number of hydroxylamine groups is 2. The summed E-state index contributed by atoms with van der Waals surface area (Å²) in [6.07, 6.45) is 1.63. The van der Waals surface area contributed by atoms with Crippen LogP contribution in [-0.4, -0.2) is 40.6 Å². The van der Waals surface area contributed by atoms with E-state index in [0.29, 0.717) is 32.4 Å². The van der Waals surface area contributed by atoms with Gasteiger partial charge in [-0.1, -0.05) is 0 Å². The van der Waals surface area contributed by atoms with Crippen molar-refractivity contribution in [2.24, 2.45) is 11.8 Å². The molecule has 0 aromatic carbocycles. The summed E-state index contributed by atoms with van der Waals surface area (Å²) in [6.45, 7) is 0.674. The summed E-state index contributed by atoms with van der Waals surface area (Å²) in [5.41, 5.74) is 0. The van der Waals surface area contributed by atoms with E-state index in [1.165, 1.54) is 5.01 Å². The lowest BCUT2D eigenvalue weighted by Crippen LogP contribution is -2.56. The van der Waals surface area contributed by atoms with Crippen molar-refractivity contribution < 1.29 is 14.8 Å². The van der Waals surface area contributed by atoms with Crippen molar-refractivity contribution in [1.29, 1.82) is 0 Å². The maximum absolute atomic E-state index is 11.5. The van der Waals surface area contributed by atoms with Gasteiger partial charge in [-0.3, -0.25) is 4.79 Å². The van der Waals surface area contributed by atoms with Gasteiger partial charge in [0, 0.05) is 6.54 Å². The van der Waals surface area contributed by atoms with Crippen LogP contribution in [0, 0.1) is 22.3 Å². The van der Waals surface area contributed by atoms with Gasteiger partial charge in [0.15, 0.2) is 0 Å². The minimum atomic E-state index is -1.57. The van der Waals surface area contributed by atoms with Crippen molar-refractivity contribution >= 4 is 5.97 Å². The van der Waals surface area contributed by atoms with Gasteiger partial charge in [0.25, 0.3) is 0 Å². The van der Waals surface area contributed by atoms with Gasteiger partial charge in [-0.05, 0) is 25.2 Å². The second-order valence-corrected chi connectivity index (χ2v) is 4.41. The van der Waals surface area contributed by atoms with Crippen LogP contribution in [-0.2, 0) is 4.79 Å². The van der Waals surface area contributed by atoms with Crippen molar-refractivity contribution in [3.05, 3.63) is 10.4 Å². The van der Waals surface area contributed by atoms with Gasteiger partial charge < -0.3 is 20.4 Å². The van der Waals surface area contributed by atoms with Crippen molar-refractivity contribution in [2.75, 3.05) is 19.6 Å². The number of hydrogen-bond acceptors (Lipinski definition) is 4. The molecule has 2 rings (SSSR count). The van der Waals surface area contributed by atoms with Crippen LogP contribution in [0.25, 0.3) is 0 Å². The topological polar surface area (TPSA) is 86.7 Å². The zero-order valence-corrected chi connectivity index (χ0v) is 8.46. The van der Waals surface area contributed by atoms with E-state index in [1.807, 2.05) is 0 Å². The average Bonchev–Trinajstić information content (AvgIpc) is 2.26. The predicted molar refractivity (Wildman–Crippen MR) is 51.9 cm³/mol. The first-order valence-electron chi connectivity index (χ1n) is 5.29. The smallest absolute Gasteiger partial charge is 0.306 e. The van der Waals surface area contributed by atoms with Crippen LogP contribution < -0.4 is 0 Å². The highest BCUT2D eigenvalue weighted by Crippen LogP contribution is 2.33. The average molecular weight is 215 g/mol. The van der Waals surface area contributed by atoms with Gasteiger partial charge >= 0.3 is 5.97 Å². The summed E-state index contributed by atoms with van der Waals surface area (Å²) in [5, 5.41) is 33.4. The quantitative estimate of drug-likeness (QED) is 0.509. The maximum Gasteiger partial charge on any atom is 0.306 e. The Bertz CT molecular complexity index is 269. The summed E-state index contributed by atoms with van der Waals surface area (Å²) < 4.78 is 0. The number of piperidine rings is 1. The van der Waals surface area contributed by atoms with Crippen molar-refractivity contribution in [3.63, 3.8) is 0 Å². The third-order valence-electron chi connectivity index (χ3n) is 3.48. The molecule has 2 fully saturated rings. The Morgan fingerprint density at radius 1 is 1.40 bits per heavy atom. The molecule has 6 heteroatoms. The number of carboxylic acid groups (broad SMARTS) is 1. The van der Waals surface area contributed by atoms with Crippen LogP contribution in [0.2, 0.25) is 0 Å². The summed E-state index contributed by atoms with van der Waals surface area (Å²) in [6, 6.07) is 0. The van der Waals surface area contributed by atoms with Crippen LogP contribution in [0.15, 0.2) is 0 Å². The Morgan fingerprint density at radius 3 is 2.80 bits per heavy atom. The van der Waals surface area contributed by atoms with E-state index in [-0.39, 0.29) is 18.4 Å². The molecule has 0 aromatic rings. The fourth-order valence-corrected chi connectivity index (χ4v) is 2.60. The van der Waals surface area contributed by atoms with E-state index in [2.05, 4.69) is 0 Å². The Balaban J connectivity index is 2.13. The van der Waals surface area contributed by atoms with Crippen molar-refractivity contribution in [3.8, 4) is 0 Å². The van der Waals surface area contributed by atoms with Gasteiger partial charge in [-0.15, -0.1) is 0 Å². The summed E-state index contributed by atoms with van der Waals surface area (Å²) in [4.78, 5) is 9.38. The minimum absolute atomic E-state index is 0.0286. The second-order valence-electron chi connectivity index (χ2n) is 4.41. The van der Waals surface area contributed by atoms with Gasteiger partial charge in [-0.2, -0.15) is 5.01 Å². The molecular formula is C9H15N2O4-. The largest absolute Gasteiger partial charge is 0.611 e. The molecule has 3 unspecified atom stereocenters. The number of quaternary nitrogens is 1. The van der Waals surface area contributed by atoms with Crippen LogP contribution in [0.1, 0.15) is 19.3 Å². The lowest BCUT2D eigenvalue weighted by atomic mass is 9.83. The summed E-state index contributed by atoms with van der Waals surface area (Å²) in [5.74, 6) is -1.20. The Labute approximate surface area is 87.8 Å². The highest BCUT2D eigenvalue weighted by molar-refractivity contribution is 5.70. The molecule has 2 aliphatic heterocycles. The normalized spacial score (nSPS) is 39.5.